The summed E-state index contributed by atoms with van der Waals surface area (Å²) in [5.74, 6) is 0.258. The van der Waals surface area contributed by atoms with Gasteiger partial charge < -0.3 is 19.3 Å². The average molecular weight is 530 g/mol. The fourth-order valence-electron chi connectivity index (χ4n) is 4.76. The van der Waals surface area contributed by atoms with Crippen LogP contribution in [0.5, 0.6) is 17.2 Å². The molecular formula is C32H35NO6. The molecule has 1 aliphatic rings. The van der Waals surface area contributed by atoms with Gasteiger partial charge in [0.05, 0.1) is 31.9 Å². The maximum Gasteiger partial charge on any atom is 0.300 e. The van der Waals surface area contributed by atoms with Crippen LogP contribution < -0.4 is 19.1 Å². The first-order valence-electron chi connectivity index (χ1n) is 13.3. The average Bonchev–Trinajstić information content (AvgIpc) is 3.22. The van der Waals surface area contributed by atoms with Gasteiger partial charge in [-0.3, -0.25) is 14.5 Å². The van der Waals surface area contributed by atoms with Gasteiger partial charge in [0, 0.05) is 17.3 Å². The van der Waals surface area contributed by atoms with Crippen LogP contribution in [0.1, 0.15) is 62.8 Å². The number of ketones is 1. The Morgan fingerprint density at radius 3 is 2.38 bits per heavy atom. The molecule has 3 aromatic rings. The van der Waals surface area contributed by atoms with Crippen LogP contribution in [0, 0.1) is 0 Å². The van der Waals surface area contributed by atoms with Crippen molar-refractivity contribution in [1.29, 1.82) is 0 Å². The summed E-state index contributed by atoms with van der Waals surface area (Å²) >= 11 is 0. The Morgan fingerprint density at radius 2 is 1.69 bits per heavy atom. The number of anilines is 1. The van der Waals surface area contributed by atoms with Crippen LogP contribution in [0.3, 0.4) is 0 Å². The number of methoxy groups -OCH3 is 1. The molecule has 3 aromatic carbocycles. The van der Waals surface area contributed by atoms with Crippen LogP contribution in [0.4, 0.5) is 5.69 Å². The van der Waals surface area contributed by atoms with Crippen LogP contribution >= 0.6 is 0 Å². The lowest BCUT2D eigenvalue weighted by molar-refractivity contribution is -0.132. The molecule has 1 atom stereocenters. The molecule has 0 bridgehead atoms. The molecule has 7 nitrogen and oxygen atoms in total. The first kappa shape index (κ1) is 27.8. The van der Waals surface area contributed by atoms with Crippen molar-refractivity contribution in [1.82, 2.24) is 0 Å². The highest BCUT2D eigenvalue weighted by Crippen LogP contribution is 2.44. The van der Waals surface area contributed by atoms with Gasteiger partial charge in [0.15, 0.2) is 0 Å². The number of ether oxygens (including phenoxy) is 3. The lowest BCUT2D eigenvalue weighted by Crippen LogP contribution is -2.29. The van der Waals surface area contributed by atoms with Crippen molar-refractivity contribution >= 4 is 23.1 Å². The number of hydrogen-bond acceptors (Lipinski definition) is 6. The summed E-state index contributed by atoms with van der Waals surface area (Å²) in [7, 11) is 1.54. The number of benzene rings is 3. The van der Waals surface area contributed by atoms with E-state index in [1.807, 2.05) is 58.0 Å². The number of carbonyl (C=O) groups excluding carboxylic acids is 2. The second-order valence-electron chi connectivity index (χ2n) is 9.63. The minimum atomic E-state index is -0.878. The molecule has 7 heteroatoms. The van der Waals surface area contributed by atoms with Crippen LogP contribution in [-0.2, 0) is 9.59 Å². The van der Waals surface area contributed by atoms with Crippen molar-refractivity contribution < 1.29 is 28.9 Å². The van der Waals surface area contributed by atoms with E-state index in [-0.39, 0.29) is 17.3 Å². The zero-order valence-corrected chi connectivity index (χ0v) is 23.1. The number of rotatable bonds is 10. The summed E-state index contributed by atoms with van der Waals surface area (Å²) in [4.78, 5) is 28.5. The Kier molecular flexibility index (Phi) is 8.59. The first-order chi connectivity index (χ1) is 18.8. The third kappa shape index (κ3) is 5.62. The first-order valence-corrected chi connectivity index (χ1v) is 13.3. The molecular weight excluding hydrogens is 494 g/mol. The van der Waals surface area contributed by atoms with Gasteiger partial charge in [-0.2, -0.15) is 0 Å². The monoisotopic (exact) mass is 529 g/mol. The number of hydrogen-bond donors (Lipinski definition) is 1. The molecule has 0 aliphatic carbocycles. The highest BCUT2D eigenvalue weighted by atomic mass is 16.5. The predicted octanol–water partition coefficient (Wildman–Crippen LogP) is 6.63. The summed E-state index contributed by atoms with van der Waals surface area (Å²) in [6, 6.07) is 18.7. The van der Waals surface area contributed by atoms with E-state index in [9.17, 15) is 14.7 Å². The van der Waals surface area contributed by atoms with Crippen LogP contribution in [0.2, 0.25) is 0 Å². The van der Waals surface area contributed by atoms with Crippen molar-refractivity contribution in [2.45, 2.75) is 46.1 Å². The van der Waals surface area contributed by atoms with E-state index in [0.29, 0.717) is 41.5 Å². The van der Waals surface area contributed by atoms with Gasteiger partial charge in [0.25, 0.3) is 11.7 Å². The number of carbonyl (C=O) groups is 2. The number of amides is 1. The number of nitrogens with zero attached hydrogens (tertiary/aromatic N) is 1. The molecule has 1 unspecified atom stereocenters. The Hall–Kier alpha value is -4.26. The summed E-state index contributed by atoms with van der Waals surface area (Å²) in [6.45, 7) is 9.04. The number of Topliss-reactive ketones (excluding diaryl/α,β-unsaturated/α-hetero) is 1. The van der Waals surface area contributed by atoms with Gasteiger partial charge >= 0.3 is 0 Å². The summed E-state index contributed by atoms with van der Waals surface area (Å²) in [5, 5.41) is 11.6. The van der Waals surface area contributed by atoms with E-state index in [1.165, 1.54) is 12.0 Å². The molecule has 1 saturated heterocycles. The summed E-state index contributed by atoms with van der Waals surface area (Å²) in [6.07, 6.45) is 0.836. The molecule has 1 N–H and O–H groups in total. The van der Waals surface area contributed by atoms with Gasteiger partial charge in [-0.05, 0) is 72.9 Å². The fraction of sp³-hybridized carbons (Fsp3) is 0.312. The number of aliphatic hydroxyl groups is 1. The third-order valence-corrected chi connectivity index (χ3v) is 6.63. The standard InChI is InChI=1S/C32H35NO6/c1-6-16-39-25-13-8-10-21(17-25)29-28(30(34)22-14-15-27(38-7-2)26(18-22)20(3)4)31(35)32(36)33(29)23-11-9-12-24(19-23)37-5/h8-15,17-20,29,34H,6-7,16H2,1-5H3/b30-28+. The zero-order valence-electron chi connectivity index (χ0n) is 23.1. The number of aliphatic hydroxyl groups excluding tert-OH is 1. The second-order valence-corrected chi connectivity index (χ2v) is 9.63. The van der Waals surface area contributed by atoms with Gasteiger partial charge in [0.2, 0.25) is 0 Å². The van der Waals surface area contributed by atoms with E-state index in [0.717, 1.165) is 17.7 Å². The largest absolute Gasteiger partial charge is 0.507 e. The maximum atomic E-state index is 13.6. The van der Waals surface area contributed by atoms with Gasteiger partial charge in [0.1, 0.15) is 23.0 Å². The Bertz CT molecular complexity index is 1390. The smallest absolute Gasteiger partial charge is 0.300 e. The topological polar surface area (TPSA) is 85.3 Å². The fourth-order valence-corrected chi connectivity index (χ4v) is 4.76. The van der Waals surface area contributed by atoms with E-state index in [4.69, 9.17) is 14.2 Å². The van der Waals surface area contributed by atoms with Crippen LogP contribution in [-0.4, -0.2) is 37.1 Å². The summed E-state index contributed by atoms with van der Waals surface area (Å²) < 4.78 is 17.0. The van der Waals surface area contributed by atoms with Crippen LogP contribution in [0.15, 0.2) is 72.3 Å². The highest BCUT2D eigenvalue weighted by molar-refractivity contribution is 6.51. The van der Waals surface area contributed by atoms with E-state index >= 15 is 0 Å². The van der Waals surface area contributed by atoms with Crippen molar-refractivity contribution in [2.24, 2.45) is 0 Å². The minimum Gasteiger partial charge on any atom is -0.507 e. The molecule has 1 amide bonds. The minimum absolute atomic E-state index is 0.00864. The lowest BCUT2D eigenvalue weighted by Gasteiger charge is -2.26. The zero-order chi connectivity index (χ0) is 28.1. The van der Waals surface area contributed by atoms with Crippen molar-refractivity contribution in [3.63, 3.8) is 0 Å². The van der Waals surface area contributed by atoms with Crippen molar-refractivity contribution in [2.75, 3.05) is 25.2 Å². The molecule has 0 spiro atoms. The van der Waals surface area contributed by atoms with E-state index in [1.54, 1.807) is 36.4 Å². The summed E-state index contributed by atoms with van der Waals surface area (Å²) in [5.41, 5.74) is 2.47. The maximum absolute atomic E-state index is 13.6. The van der Waals surface area contributed by atoms with Crippen molar-refractivity contribution in [3.8, 4) is 17.2 Å². The van der Waals surface area contributed by atoms with Gasteiger partial charge in [-0.25, -0.2) is 0 Å². The van der Waals surface area contributed by atoms with Gasteiger partial charge in [-0.15, -0.1) is 0 Å². The Balaban J connectivity index is 1.93. The predicted molar refractivity (Wildman–Crippen MR) is 152 cm³/mol. The van der Waals surface area contributed by atoms with Crippen LogP contribution in [0.25, 0.3) is 5.76 Å². The van der Waals surface area contributed by atoms with Crippen molar-refractivity contribution in [3.05, 3.63) is 89.0 Å². The second kappa shape index (κ2) is 12.1. The lowest BCUT2D eigenvalue weighted by atomic mass is 9.93. The Labute approximate surface area is 229 Å². The molecule has 204 valence electrons. The molecule has 0 radical (unpaired) electrons. The SMILES string of the molecule is CCCOc1cccc(C2/C(=C(\O)c3ccc(OCC)c(C(C)C)c3)C(=O)C(=O)N2c2cccc(OC)c2)c1. The third-order valence-electron chi connectivity index (χ3n) is 6.63. The molecule has 0 saturated carbocycles. The normalized spacial score (nSPS) is 16.6. The molecule has 4 rings (SSSR count). The van der Waals surface area contributed by atoms with E-state index in [2.05, 4.69) is 0 Å². The molecule has 1 heterocycles. The quantitative estimate of drug-likeness (QED) is 0.180. The molecule has 1 fully saturated rings. The Morgan fingerprint density at radius 1 is 0.949 bits per heavy atom. The van der Waals surface area contributed by atoms with E-state index < -0.39 is 17.7 Å². The highest BCUT2D eigenvalue weighted by Gasteiger charge is 2.47. The molecule has 0 aromatic heterocycles. The molecule has 1 aliphatic heterocycles. The van der Waals surface area contributed by atoms with Gasteiger partial charge in [-0.1, -0.05) is 39.0 Å². The molecule has 39 heavy (non-hydrogen) atoms.